The lowest BCUT2D eigenvalue weighted by molar-refractivity contribution is -0.149. The van der Waals surface area contributed by atoms with Gasteiger partial charge in [-0.15, -0.1) is 0 Å². The summed E-state index contributed by atoms with van der Waals surface area (Å²) >= 11 is 0. The summed E-state index contributed by atoms with van der Waals surface area (Å²) in [5, 5.41) is 12.3. The van der Waals surface area contributed by atoms with Gasteiger partial charge in [-0.05, 0) is 44.6 Å². The summed E-state index contributed by atoms with van der Waals surface area (Å²) in [6.07, 6.45) is 4.11. The van der Waals surface area contributed by atoms with Gasteiger partial charge in [0.2, 0.25) is 0 Å². The summed E-state index contributed by atoms with van der Waals surface area (Å²) in [7, 11) is 1.71. The molecule has 100 valence electrons. The van der Waals surface area contributed by atoms with Crippen molar-refractivity contribution in [1.29, 1.82) is 0 Å². The Labute approximate surface area is 104 Å². The third-order valence-electron chi connectivity index (χ3n) is 3.50. The first-order chi connectivity index (χ1) is 8.03. The third-order valence-corrected chi connectivity index (χ3v) is 3.50. The van der Waals surface area contributed by atoms with Crippen molar-refractivity contribution in [3.05, 3.63) is 0 Å². The number of carbonyl (C=O) groups is 1. The maximum absolute atomic E-state index is 11.4. The van der Waals surface area contributed by atoms with Crippen LogP contribution in [0.25, 0.3) is 0 Å². The number of carboxylic acids is 1. The third kappa shape index (κ3) is 3.96. The molecular weight excluding hydrogens is 218 g/mol. The Hall–Kier alpha value is -0.610. The maximum Gasteiger partial charge on any atom is 0.326 e. The van der Waals surface area contributed by atoms with Crippen molar-refractivity contribution in [2.75, 3.05) is 20.3 Å². The zero-order valence-corrected chi connectivity index (χ0v) is 11.2. The molecule has 1 fully saturated rings. The molecule has 0 spiro atoms. The quantitative estimate of drug-likeness (QED) is 0.607. The highest BCUT2D eigenvalue weighted by Crippen LogP contribution is 2.40. The Morgan fingerprint density at radius 2 is 2.18 bits per heavy atom. The summed E-state index contributed by atoms with van der Waals surface area (Å²) in [4.78, 5) is 11.4. The summed E-state index contributed by atoms with van der Waals surface area (Å²) in [6, 6.07) is 0. The van der Waals surface area contributed by atoms with E-state index in [4.69, 9.17) is 4.74 Å². The molecule has 4 heteroatoms. The van der Waals surface area contributed by atoms with Crippen LogP contribution in [0.5, 0.6) is 0 Å². The van der Waals surface area contributed by atoms with Crippen molar-refractivity contribution in [3.63, 3.8) is 0 Å². The average Bonchev–Trinajstić information content (AvgIpc) is 3.07. The van der Waals surface area contributed by atoms with E-state index in [2.05, 4.69) is 19.2 Å². The first-order valence-electron chi connectivity index (χ1n) is 6.53. The van der Waals surface area contributed by atoms with Crippen LogP contribution in [0.4, 0.5) is 0 Å². The fourth-order valence-corrected chi connectivity index (χ4v) is 2.14. The van der Waals surface area contributed by atoms with Gasteiger partial charge in [-0.3, -0.25) is 4.79 Å². The predicted molar refractivity (Wildman–Crippen MR) is 67.0 cm³/mol. The molecule has 0 aromatic carbocycles. The molecule has 2 N–H and O–H groups in total. The van der Waals surface area contributed by atoms with Gasteiger partial charge in [-0.2, -0.15) is 0 Å². The fourth-order valence-electron chi connectivity index (χ4n) is 2.14. The van der Waals surface area contributed by atoms with Gasteiger partial charge >= 0.3 is 5.97 Å². The van der Waals surface area contributed by atoms with Crippen LogP contribution in [0.15, 0.2) is 0 Å². The second-order valence-corrected chi connectivity index (χ2v) is 5.39. The molecule has 1 rings (SSSR count). The highest BCUT2D eigenvalue weighted by molar-refractivity contribution is 5.80. The van der Waals surface area contributed by atoms with E-state index in [0.717, 1.165) is 25.7 Å². The minimum Gasteiger partial charge on any atom is -0.480 e. The molecule has 17 heavy (non-hydrogen) atoms. The molecule has 0 aliphatic heterocycles. The second kappa shape index (κ2) is 6.36. The topological polar surface area (TPSA) is 58.6 Å². The number of rotatable bonds is 9. The van der Waals surface area contributed by atoms with Crippen LogP contribution in [0.1, 0.15) is 39.5 Å². The van der Waals surface area contributed by atoms with Gasteiger partial charge in [0.1, 0.15) is 5.54 Å². The molecule has 0 amide bonds. The van der Waals surface area contributed by atoms with E-state index in [9.17, 15) is 9.90 Å². The van der Waals surface area contributed by atoms with Gasteiger partial charge < -0.3 is 15.2 Å². The summed E-state index contributed by atoms with van der Waals surface area (Å²) < 4.78 is 5.56. The van der Waals surface area contributed by atoms with Crippen LogP contribution >= 0.6 is 0 Å². The van der Waals surface area contributed by atoms with Gasteiger partial charge in [0.15, 0.2) is 0 Å². The van der Waals surface area contributed by atoms with Gasteiger partial charge in [0, 0.05) is 6.61 Å². The lowest BCUT2D eigenvalue weighted by atomic mass is 9.94. The van der Waals surface area contributed by atoms with Crippen molar-refractivity contribution in [3.8, 4) is 0 Å². The number of hydrogen-bond acceptors (Lipinski definition) is 3. The number of likely N-dealkylation sites (N-methyl/N-ethyl adjacent to an activating group) is 1. The maximum atomic E-state index is 11.4. The number of ether oxygens (including phenoxy) is 1. The zero-order valence-electron chi connectivity index (χ0n) is 11.2. The lowest BCUT2D eigenvalue weighted by Crippen LogP contribution is -2.56. The molecule has 0 saturated heterocycles. The Morgan fingerprint density at radius 3 is 2.59 bits per heavy atom. The molecule has 1 aliphatic carbocycles. The van der Waals surface area contributed by atoms with Crippen molar-refractivity contribution in [1.82, 2.24) is 5.32 Å². The molecule has 1 unspecified atom stereocenters. The standard InChI is InChI=1S/C13H25NO3/c1-10(2)5-4-8-17-9-13(14-3,12(15)16)11-6-7-11/h10-11,14H,4-9H2,1-3H3,(H,15,16). The molecule has 1 aliphatic rings. The van der Waals surface area contributed by atoms with Crippen molar-refractivity contribution in [2.45, 2.75) is 45.1 Å². The van der Waals surface area contributed by atoms with Gasteiger partial charge in [-0.25, -0.2) is 0 Å². The Balaban J connectivity index is 2.32. The molecule has 0 radical (unpaired) electrons. The van der Waals surface area contributed by atoms with Crippen LogP contribution in [0, 0.1) is 11.8 Å². The summed E-state index contributed by atoms with van der Waals surface area (Å²) in [6.45, 7) is 5.29. The largest absolute Gasteiger partial charge is 0.480 e. The first-order valence-corrected chi connectivity index (χ1v) is 6.53. The summed E-state index contributed by atoms with van der Waals surface area (Å²) in [5.74, 6) is 0.122. The average molecular weight is 243 g/mol. The smallest absolute Gasteiger partial charge is 0.326 e. The molecule has 0 heterocycles. The van der Waals surface area contributed by atoms with Crippen LogP contribution in [0.2, 0.25) is 0 Å². The van der Waals surface area contributed by atoms with Crippen LogP contribution in [-0.2, 0) is 9.53 Å². The minimum atomic E-state index is -0.863. The normalized spacial score (nSPS) is 19.3. The Morgan fingerprint density at radius 1 is 1.53 bits per heavy atom. The number of carboxylic acid groups (broad SMARTS) is 1. The summed E-state index contributed by atoms with van der Waals surface area (Å²) in [5.41, 5.74) is -0.863. The monoisotopic (exact) mass is 243 g/mol. The van der Waals surface area contributed by atoms with Crippen LogP contribution < -0.4 is 5.32 Å². The molecule has 0 bridgehead atoms. The highest BCUT2D eigenvalue weighted by Gasteiger charge is 2.50. The first kappa shape index (κ1) is 14.5. The fraction of sp³-hybridized carbons (Fsp3) is 0.923. The van der Waals surface area contributed by atoms with E-state index in [0.29, 0.717) is 12.5 Å². The van der Waals surface area contributed by atoms with Gasteiger partial charge in [-0.1, -0.05) is 13.8 Å². The minimum absolute atomic E-state index is 0.232. The van der Waals surface area contributed by atoms with E-state index in [1.165, 1.54) is 0 Å². The van der Waals surface area contributed by atoms with Gasteiger partial charge in [0.05, 0.1) is 6.61 Å². The number of hydrogen-bond donors (Lipinski definition) is 2. The molecule has 0 aromatic rings. The van der Waals surface area contributed by atoms with E-state index in [1.807, 2.05) is 0 Å². The number of aliphatic carboxylic acids is 1. The van der Waals surface area contributed by atoms with E-state index in [-0.39, 0.29) is 12.5 Å². The number of nitrogens with one attached hydrogen (secondary N) is 1. The van der Waals surface area contributed by atoms with E-state index in [1.54, 1.807) is 7.05 Å². The molecule has 4 nitrogen and oxygen atoms in total. The van der Waals surface area contributed by atoms with Gasteiger partial charge in [0.25, 0.3) is 0 Å². The zero-order chi connectivity index (χ0) is 12.9. The second-order valence-electron chi connectivity index (χ2n) is 5.39. The van der Waals surface area contributed by atoms with Crippen molar-refractivity contribution >= 4 is 5.97 Å². The molecular formula is C13H25NO3. The Bertz CT molecular complexity index is 251. The molecule has 1 saturated carbocycles. The molecule has 0 aromatic heterocycles. The van der Waals surface area contributed by atoms with Crippen molar-refractivity contribution < 1.29 is 14.6 Å². The SMILES string of the molecule is CNC(COCCCC(C)C)(C(=O)O)C1CC1. The highest BCUT2D eigenvalue weighted by atomic mass is 16.5. The van der Waals surface area contributed by atoms with E-state index >= 15 is 0 Å². The van der Waals surface area contributed by atoms with E-state index < -0.39 is 11.5 Å². The van der Waals surface area contributed by atoms with Crippen LogP contribution in [-0.4, -0.2) is 36.9 Å². The predicted octanol–water partition coefficient (Wildman–Crippen LogP) is 1.89. The lowest BCUT2D eigenvalue weighted by Gasteiger charge is -2.28. The Kier molecular flexibility index (Phi) is 5.40. The van der Waals surface area contributed by atoms with Crippen molar-refractivity contribution in [2.24, 2.45) is 11.8 Å². The van der Waals surface area contributed by atoms with Crippen LogP contribution in [0.3, 0.4) is 0 Å². The molecule has 1 atom stereocenters.